The van der Waals surface area contributed by atoms with Gasteiger partial charge in [-0.15, -0.1) is 0 Å². The van der Waals surface area contributed by atoms with Gasteiger partial charge >= 0.3 is 0 Å². The summed E-state index contributed by atoms with van der Waals surface area (Å²) in [6.45, 7) is 5.03. The van der Waals surface area contributed by atoms with E-state index in [1.165, 1.54) is 40.8 Å². The van der Waals surface area contributed by atoms with Crippen molar-refractivity contribution in [2.75, 3.05) is 19.8 Å². The largest absolute Gasteiger partial charge is 0.493 e. The van der Waals surface area contributed by atoms with Crippen LogP contribution >= 0.6 is 0 Å². The molecule has 1 unspecified atom stereocenters. The topological polar surface area (TPSA) is 30.5 Å². The second kappa shape index (κ2) is 4.41. The Kier molecular flexibility index (Phi) is 2.69. The number of nitrogens with one attached hydrogen (secondary N) is 1. The van der Waals surface area contributed by atoms with Gasteiger partial charge in [0.1, 0.15) is 11.5 Å². The predicted octanol–water partition coefficient (Wildman–Crippen LogP) is 2.16. The fourth-order valence-corrected chi connectivity index (χ4v) is 3.83. The lowest BCUT2D eigenvalue weighted by Gasteiger charge is -2.18. The summed E-state index contributed by atoms with van der Waals surface area (Å²) in [5, 5.41) is 3.61. The maximum Gasteiger partial charge on any atom is 0.126 e. The Morgan fingerprint density at radius 3 is 2.68 bits per heavy atom. The Morgan fingerprint density at radius 1 is 1.11 bits per heavy atom. The minimum atomic E-state index is 0.626. The molecule has 1 aromatic carbocycles. The highest BCUT2D eigenvalue weighted by atomic mass is 16.5. The van der Waals surface area contributed by atoms with E-state index in [9.17, 15) is 0 Å². The van der Waals surface area contributed by atoms with Gasteiger partial charge in [0.25, 0.3) is 0 Å². The van der Waals surface area contributed by atoms with Crippen molar-refractivity contribution < 1.29 is 9.47 Å². The number of fused-ring (bicyclic) bond motifs is 2. The smallest absolute Gasteiger partial charge is 0.126 e. The summed E-state index contributed by atoms with van der Waals surface area (Å²) in [6, 6.07) is 0.626. The van der Waals surface area contributed by atoms with Gasteiger partial charge in [0, 0.05) is 35.6 Å². The first-order valence-electron chi connectivity index (χ1n) is 7.50. The first-order chi connectivity index (χ1) is 9.34. The Balaban J connectivity index is 1.80. The maximum absolute atomic E-state index is 5.96. The van der Waals surface area contributed by atoms with Crippen LogP contribution in [0.3, 0.4) is 0 Å². The molecule has 1 fully saturated rings. The molecule has 0 aliphatic carbocycles. The molecule has 1 aromatic rings. The van der Waals surface area contributed by atoms with Crippen molar-refractivity contribution in [2.24, 2.45) is 0 Å². The minimum Gasteiger partial charge on any atom is -0.493 e. The lowest BCUT2D eigenvalue weighted by Crippen LogP contribution is -2.24. The van der Waals surface area contributed by atoms with E-state index in [0.29, 0.717) is 6.04 Å². The van der Waals surface area contributed by atoms with Crippen LogP contribution in [0.25, 0.3) is 0 Å². The fraction of sp³-hybridized carbons (Fsp3) is 0.625. The number of hydrogen-bond donors (Lipinski definition) is 1. The van der Waals surface area contributed by atoms with Crippen LogP contribution in [0.1, 0.15) is 35.1 Å². The molecule has 3 nitrogen and oxygen atoms in total. The monoisotopic (exact) mass is 259 g/mol. The standard InChI is InChI=1S/C16H21NO2/c1-10-12-4-7-19-16(12)14(9-11-3-2-6-17-11)13-5-8-18-15(10)13/h11,17H,2-9H2,1H3. The van der Waals surface area contributed by atoms with Crippen LogP contribution < -0.4 is 14.8 Å². The quantitative estimate of drug-likeness (QED) is 0.883. The number of rotatable bonds is 2. The van der Waals surface area contributed by atoms with Gasteiger partial charge in [-0.25, -0.2) is 0 Å². The second-order valence-electron chi connectivity index (χ2n) is 5.91. The summed E-state index contributed by atoms with van der Waals surface area (Å²) < 4.78 is 11.8. The van der Waals surface area contributed by atoms with Crippen molar-refractivity contribution in [1.29, 1.82) is 0 Å². The van der Waals surface area contributed by atoms with Gasteiger partial charge in [0.15, 0.2) is 0 Å². The van der Waals surface area contributed by atoms with E-state index >= 15 is 0 Å². The van der Waals surface area contributed by atoms with Crippen LogP contribution in [0.2, 0.25) is 0 Å². The average Bonchev–Trinajstić information content (AvgIpc) is 3.13. The summed E-state index contributed by atoms with van der Waals surface area (Å²) in [5.74, 6) is 2.35. The highest BCUT2D eigenvalue weighted by Gasteiger charge is 2.31. The molecule has 1 atom stereocenters. The van der Waals surface area contributed by atoms with E-state index in [1.54, 1.807) is 0 Å². The van der Waals surface area contributed by atoms with Crippen LogP contribution in [-0.2, 0) is 19.3 Å². The molecular weight excluding hydrogens is 238 g/mol. The molecule has 3 aliphatic rings. The molecule has 0 aromatic heterocycles. The minimum absolute atomic E-state index is 0.626. The van der Waals surface area contributed by atoms with Gasteiger partial charge in [-0.05, 0) is 38.3 Å². The molecular formula is C16H21NO2. The molecule has 3 aliphatic heterocycles. The van der Waals surface area contributed by atoms with Crippen molar-refractivity contribution in [3.8, 4) is 11.5 Å². The van der Waals surface area contributed by atoms with Crippen molar-refractivity contribution >= 4 is 0 Å². The van der Waals surface area contributed by atoms with Crippen LogP contribution in [0.4, 0.5) is 0 Å². The van der Waals surface area contributed by atoms with Gasteiger partial charge in [-0.1, -0.05) is 0 Å². The van der Waals surface area contributed by atoms with Gasteiger partial charge < -0.3 is 14.8 Å². The lowest BCUT2D eigenvalue weighted by atomic mass is 9.91. The molecule has 0 amide bonds. The Hall–Kier alpha value is -1.22. The zero-order valence-corrected chi connectivity index (χ0v) is 11.6. The summed E-state index contributed by atoms with van der Waals surface area (Å²) >= 11 is 0. The molecule has 4 rings (SSSR count). The second-order valence-corrected chi connectivity index (χ2v) is 5.91. The first-order valence-corrected chi connectivity index (χ1v) is 7.50. The van der Waals surface area contributed by atoms with Crippen LogP contribution in [0.5, 0.6) is 11.5 Å². The third-order valence-electron chi connectivity index (χ3n) is 4.79. The molecule has 0 radical (unpaired) electrons. The Labute approximate surface area is 114 Å². The molecule has 19 heavy (non-hydrogen) atoms. The average molecular weight is 259 g/mol. The number of benzene rings is 1. The zero-order valence-electron chi connectivity index (χ0n) is 11.6. The van der Waals surface area contributed by atoms with E-state index in [1.807, 2.05) is 0 Å². The van der Waals surface area contributed by atoms with Crippen LogP contribution in [-0.4, -0.2) is 25.8 Å². The first kappa shape index (κ1) is 11.6. The molecule has 1 saturated heterocycles. The van der Waals surface area contributed by atoms with Crippen LogP contribution in [0.15, 0.2) is 0 Å². The Bertz CT molecular complexity index is 483. The summed E-state index contributed by atoms with van der Waals surface area (Å²) in [7, 11) is 0. The van der Waals surface area contributed by atoms with E-state index in [4.69, 9.17) is 9.47 Å². The summed E-state index contributed by atoms with van der Waals surface area (Å²) in [6.07, 6.45) is 5.79. The van der Waals surface area contributed by atoms with Crippen molar-refractivity contribution in [1.82, 2.24) is 5.32 Å². The van der Waals surface area contributed by atoms with E-state index in [2.05, 4.69) is 12.2 Å². The molecule has 3 heterocycles. The SMILES string of the molecule is Cc1c2c(c(CC3CCCN3)c3c1OCC3)OCC2. The van der Waals surface area contributed by atoms with E-state index in [0.717, 1.165) is 44.8 Å². The highest BCUT2D eigenvalue weighted by molar-refractivity contribution is 5.61. The van der Waals surface area contributed by atoms with Gasteiger partial charge in [-0.3, -0.25) is 0 Å². The van der Waals surface area contributed by atoms with Crippen molar-refractivity contribution in [3.05, 3.63) is 22.3 Å². The number of ether oxygens (including phenoxy) is 2. The van der Waals surface area contributed by atoms with Gasteiger partial charge in [0.05, 0.1) is 13.2 Å². The maximum atomic E-state index is 5.96. The molecule has 0 saturated carbocycles. The molecule has 0 spiro atoms. The van der Waals surface area contributed by atoms with E-state index in [-0.39, 0.29) is 0 Å². The zero-order chi connectivity index (χ0) is 12.8. The summed E-state index contributed by atoms with van der Waals surface area (Å²) in [5.41, 5.74) is 5.58. The third kappa shape index (κ3) is 1.75. The normalized spacial score (nSPS) is 23.9. The third-order valence-corrected chi connectivity index (χ3v) is 4.79. The van der Waals surface area contributed by atoms with E-state index < -0.39 is 0 Å². The molecule has 3 heteroatoms. The molecule has 1 N–H and O–H groups in total. The lowest BCUT2D eigenvalue weighted by molar-refractivity contribution is 0.351. The Morgan fingerprint density at radius 2 is 1.89 bits per heavy atom. The van der Waals surface area contributed by atoms with Crippen LogP contribution in [0, 0.1) is 6.92 Å². The molecule has 102 valence electrons. The molecule has 0 bridgehead atoms. The fourth-order valence-electron chi connectivity index (χ4n) is 3.83. The summed E-state index contributed by atoms with van der Waals surface area (Å²) in [4.78, 5) is 0. The predicted molar refractivity (Wildman–Crippen MR) is 74.3 cm³/mol. The highest BCUT2D eigenvalue weighted by Crippen LogP contribution is 2.44. The van der Waals surface area contributed by atoms with Gasteiger partial charge in [0.2, 0.25) is 0 Å². The number of hydrogen-bond acceptors (Lipinski definition) is 3. The van der Waals surface area contributed by atoms with Crippen molar-refractivity contribution in [3.63, 3.8) is 0 Å². The van der Waals surface area contributed by atoms with Gasteiger partial charge in [-0.2, -0.15) is 0 Å². The van der Waals surface area contributed by atoms with Crippen molar-refractivity contribution in [2.45, 2.75) is 45.1 Å².